The number of rotatable bonds is 8. The molecular weight excluding hydrogens is 390 g/mol. The minimum atomic E-state index is -0.813. The van der Waals surface area contributed by atoms with E-state index in [9.17, 15) is 19.0 Å². The summed E-state index contributed by atoms with van der Waals surface area (Å²) >= 11 is 0. The van der Waals surface area contributed by atoms with Crippen molar-refractivity contribution in [1.82, 2.24) is 9.97 Å². The van der Waals surface area contributed by atoms with Gasteiger partial charge in [-0.3, -0.25) is 0 Å². The molecule has 3 rings (SSSR count). The largest absolute Gasteiger partial charge is 0.387 e. The van der Waals surface area contributed by atoms with Crippen molar-refractivity contribution < 1.29 is 19.0 Å². The molecular formula is C22H24F2N4O2. The Bertz CT molecular complexity index is 879. The molecule has 0 spiro atoms. The molecule has 0 radical (unpaired) electrons. The number of nitrogens with zero attached hydrogens (tertiary/aromatic N) is 4. The van der Waals surface area contributed by atoms with Crippen LogP contribution < -0.4 is 9.80 Å². The van der Waals surface area contributed by atoms with Crippen LogP contribution in [0.2, 0.25) is 0 Å². The topological polar surface area (TPSA) is 72.7 Å². The molecule has 0 saturated carbocycles. The first kappa shape index (κ1) is 21.6. The smallest absolute Gasteiger partial charge is 0.133 e. The SMILES string of the molecule is CN(CC(O)c1ccc(F)cc1)c1cc(N(C)CC(O)c2ccc(F)cc2)ncn1. The lowest BCUT2D eigenvalue weighted by molar-refractivity contribution is 0.184. The molecule has 2 unspecified atom stereocenters. The van der Waals surface area contributed by atoms with Gasteiger partial charge >= 0.3 is 0 Å². The van der Waals surface area contributed by atoms with Gasteiger partial charge in [0.2, 0.25) is 0 Å². The zero-order chi connectivity index (χ0) is 21.7. The highest BCUT2D eigenvalue weighted by Crippen LogP contribution is 2.22. The number of anilines is 2. The number of aromatic nitrogens is 2. The second-order valence-electron chi connectivity index (χ2n) is 7.13. The Morgan fingerprint density at radius 2 is 1.10 bits per heavy atom. The van der Waals surface area contributed by atoms with Gasteiger partial charge in [0.1, 0.15) is 29.6 Å². The van der Waals surface area contributed by atoms with E-state index in [2.05, 4.69) is 9.97 Å². The second kappa shape index (κ2) is 9.60. The molecule has 1 heterocycles. The molecule has 0 aliphatic heterocycles. The molecule has 0 bridgehead atoms. The molecule has 1 aromatic heterocycles. The van der Waals surface area contributed by atoms with Crippen LogP contribution in [-0.2, 0) is 0 Å². The molecule has 2 N–H and O–H groups in total. The Balaban J connectivity index is 1.65. The van der Waals surface area contributed by atoms with Gasteiger partial charge in [0.15, 0.2) is 0 Å². The number of aliphatic hydroxyl groups excluding tert-OH is 2. The Kier molecular flexibility index (Phi) is 6.91. The van der Waals surface area contributed by atoms with Crippen molar-refractivity contribution in [3.63, 3.8) is 0 Å². The van der Waals surface area contributed by atoms with Gasteiger partial charge in [0.25, 0.3) is 0 Å². The third-order valence-electron chi connectivity index (χ3n) is 4.82. The number of halogens is 2. The summed E-state index contributed by atoms with van der Waals surface area (Å²) in [5.41, 5.74) is 1.22. The standard InChI is InChI=1S/C22H24F2N4O2/c1-27(12-19(29)15-3-7-17(23)8-4-15)21-11-22(26-14-25-21)28(2)13-20(30)16-5-9-18(24)10-6-16/h3-11,14,19-20,29-30H,12-13H2,1-2H3. The first-order chi connectivity index (χ1) is 14.3. The van der Waals surface area contributed by atoms with Gasteiger partial charge in [-0.2, -0.15) is 0 Å². The minimum absolute atomic E-state index is 0.254. The Hall–Kier alpha value is -3.10. The van der Waals surface area contributed by atoms with Crippen LogP contribution in [0.25, 0.3) is 0 Å². The van der Waals surface area contributed by atoms with Crippen LogP contribution in [0.1, 0.15) is 23.3 Å². The molecule has 0 fully saturated rings. The molecule has 0 amide bonds. The van der Waals surface area contributed by atoms with E-state index in [4.69, 9.17) is 0 Å². The Morgan fingerprint density at radius 1 is 0.733 bits per heavy atom. The molecule has 2 atom stereocenters. The van der Waals surface area contributed by atoms with Crippen LogP contribution in [0.15, 0.2) is 60.9 Å². The van der Waals surface area contributed by atoms with Crippen LogP contribution in [0, 0.1) is 11.6 Å². The number of benzene rings is 2. The molecule has 158 valence electrons. The Morgan fingerprint density at radius 3 is 1.47 bits per heavy atom. The predicted molar refractivity (Wildman–Crippen MR) is 111 cm³/mol. The number of likely N-dealkylation sites (N-methyl/N-ethyl adjacent to an activating group) is 2. The van der Waals surface area contributed by atoms with Gasteiger partial charge in [-0.05, 0) is 35.4 Å². The molecule has 6 nitrogen and oxygen atoms in total. The zero-order valence-corrected chi connectivity index (χ0v) is 16.8. The maximum Gasteiger partial charge on any atom is 0.133 e. The van der Waals surface area contributed by atoms with Gasteiger partial charge < -0.3 is 20.0 Å². The van der Waals surface area contributed by atoms with Crippen LogP contribution in [0.5, 0.6) is 0 Å². The third-order valence-corrected chi connectivity index (χ3v) is 4.82. The van der Waals surface area contributed by atoms with Crippen molar-refractivity contribution in [3.8, 4) is 0 Å². The van der Waals surface area contributed by atoms with Crippen LogP contribution in [-0.4, -0.2) is 47.4 Å². The fraction of sp³-hybridized carbons (Fsp3) is 0.273. The van der Waals surface area contributed by atoms with Crippen LogP contribution >= 0.6 is 0 Å². The summed E-state index contributed by atoms with van der Waals surface area (Å²) in [5.74, 6) is 0.463. The van der Waals surface area contributed by atoms with Crippen molar-refractivity contribution in [1.29, 1.82) is 0 Å². The summed E-state index contributed by atoms with van der Waals surface area (Å²) in [5, 5.41) is 20.8. The van der Waals surface area contributed by atoms with E-state index in [1.165, 1.54) is 30.6 Å². The maximum absolute atomic E-state index is 13.1. The van der Waals surface area contributed by atoms with Gasteiger partial charge in [-0.15, -0.1) is 0 Å². The average molecular weight is 414 g/mol. The van der Waals surface area contributed by atoms with E-state index in [1.54, 1.807) is 54.2 Å². The highest BCUT2D eigenvalue weighted by atomic mass is 19.1. The molecule has 30 heavy (non-hydrogen) atoms. The van der Waals surface area contributed by atoms with Crippen molar-refractivity contribution in [2.24, 2.45) is 0 Å². The van der Waals surface area contributed by atoms with Gasteiger partial charge in [0, 0.05) is 33.3 Å². The lowest BCUT2D eigenvalue weighted by Crippen LogP contribution is -2.27. The fourth-order valence-corrected chi connectivity index (χ4v) is 3.04. The molecule has 0 aliphatic rings. The molecule has 2 aromatic carbocycles. The van der Waals surface area contributed by atoms with E-state index in [-0.39, 0.29) is 24.7 Å². The molecule has 8 heteroatoms. The van der Waals surface area contributed by atoms with Gasteiger partial charge in [-0.1, -0.05) is 24.3 Å². The van der Waals surface area contributed by atoms with Crippen molar-refractivity contribution in [2.45, 2.75) is 12.2 Å². The number of aliphatic hydroxyl groups is 2. The number of hydrogen-bond acceptors (Lipinski definition) is 6. The summed E-state index contributed by atoms with van der Waals surface area (Å²) in [4.78, 5) is 12.0. The Labute approximate surface area is 174 Å². The van der Waals surface area contributed by atoms with Crippen molar-refractivity contribution >= 4 is 11.6 Å². The molecule has 0 saturated heterocycles. The zero-order valence-electron chi connectivity index (χ0n) is 16.8. The first-order valence-corrected chi connectivity index (χ1v) is 9.45. The van der Waals surface area contributed by atoms with Crippen LogP contribution in [0.3, 0.4) is 0 Å². The first-order valence-electron chi connectivity index (χ1n) is 9.45. The highest BCUT2D eigenvalue weighted by Gasteiger charge is 2.16. The second-order valence-corrected chi connectivity index (χ2v) is 7.13. The average Bonchev–Trinajstić information content (AvgIpc) is 2.74. The summed E-state index contributed by atoms with van der Waals surface area (Å²) in [6.07, 6.45) is -0.217. The minimum Gasteiger partial charge on any atom is -0.387 e. The van der Waals surface area contributed by atoms with Crippen LogP contribution in [0.4, 0.5) is 20.4 Å². The quantitative estimate of drug-likeness (QED) is 0.590. The van der Waals surface area contributed by atoms with Gasteiger partial charge in [-0.25, -0.2) is 18.7 Å². The van der Waals surface area contributed by atoms with Gasteiger partial charge in [0.05, 0.1) is 12.2 Å². The summed E-state index contributed by atoms with van der Waals surface area (Å²) < 4.78 is 26.1. The van der Waals surface area contributed by atoms with Crippen molar-refractivity contribution in [3.05, 3.63) is 83.7 Å². The molecule has 3 aromatic rings. The predicted octanol–water partition coefficient (Wildman–Crippen LogP) is 3.09. The lowest BCUT2D eigenvalue weighted by atomic mass is 10.1. The monoisotopic (exact) mass is 414 g/mol. The summed E-state index contributed by atoms with van der Waals surface area (Å²) in [7, 11) is 3.57. The third kappa shape index (κ3) is 5.49. The maximum atomic E-state index is 13.1. The normalized spacial score (nSPS) is 13.0. The van der Waals surface area contributed by atoms with E-state index < -0.39 is 12.2 Å². The molecule has 0 aliphatic carbocycles. The van der Waals surface area contributed by atoms with Crippen molar-refractivity contribution in [2.75, 3.05) is 37.0 Å². The van der Waals surface area contributed by atoms with E-state index in [0.29, 0.717) is 22.8 Å². The van der Waals surface area contributed by atoms with E-state index in [0.717, 1.165) is 0 Å². The highest BCUT2D eigenvalue weighted by molar-refractivity contribution is 5.49. The summed E-state index contributed by atoms with van der Waals surface area (Å²) in [6.45, 7) is 0.508. The van der Waals surface area contributed by atoms with E-state index >= 15 is 0 Å². The lowest BCUT2D eigenvalue weighted by Gasteiger charge is -2.25. The fourth-order valence-electron chi connectivity index (χ4n) is 3.04. The number of hydrogen-bond donors (Lipinski definition) is 2. The van der Waals surface area contributed by atoms with E-state index in [1.807, 2.05) is 0 Å². The summed E-state index contributed by atoms with van der Waals surface area (Å²) in [6, 6.07) is 13.2.